The molecule has 3 N–H and O–H groups in total. The Kier molecular flexibility index (Phi) is 10.8. The van der Waals surface area contributed by atoms with Crippen LogP contribution in [0.5, 0.6) is 0 Å². The van der Waals surface area contributed by atoms with E-state index in [-0.39, 0.29) is 17.9 Å². The molecule has 0 spiro atoms. The minimum atomic E-state index is -0.244. The van der Waals surface area contributed by atoms with E-state index in [0.29, 0.717) is 35.8 Å². The number of rotatable bonds is 10. The van der Waals surface area contributed by atoms with E-state index in [1.807, 2.05) is 70.0 Å². The number of piperidine rings is 1. The van der Waals surface area contributed by atoms with Gasteiger partial charge >= 0.3 is 0 Å². The van der Waals surface area contributed by atoms with Crippen molar-refractivity contribution in [1.29, 1.82) is 5.41 Å². The third-order valence-electron chi connectivity index (χ3n) is 7.05. The van der Waals surface area contributed by atoms with Crippen LogP contribution < -0.4 is 10.6 Å². The van der Waals surface area contributed by atoms with E-state index in [4.69, 9.17) is 5.41 Å². The van der Waals surface area contributed by atoms with Crippen molar-refractivity contribution in [3.8, 4) is 0 Å². The van der Waals surface area contributed by atoms with E-state index in [9.17, 15) is 9.59 Å². The summed E-state index contributed by atoms with van der Waals surface area (Å²) in [7, 11) is 0. The topological polar surface area (TPSA) is 98.2 Å². The molecule has 1 aromatic carbocycles. The maximum atomic E-state index is 13.4. The Balaban J connectivity index is 1.63. The van der Waals surface area contributed by atoms with Gasteiger partial charge in [0.1, 0.15) is 0 Å². The highest BCUT2D eigenvalue weighted by Gasteiger charge is 2.25. The molecule has 1 fully saturated rings. The molecule has 0 saturated carbocycles. The number of aryl methyl sites for hydroxylation is 1. The monoisotopic (exact) mass is 539 g/mol. The summed E-state index contributed by atoms with van der Waals surface area (Å²) in [6, 6.07) is 9.75. The quantitative estimate of drug-likeness (QED) is 0.184. The first-order valence-corrected chi connectivity index (χ1v) is 13.8. The number of aromatic nitrogens is 1. The van der Waals surface area contributed by atoms with Gasteiger partial charge in [-0.05, 0) is 94.9 Å². The van der Waals surface area contributed by atoms with Gasteiger partial charge in [0, 0.05) is 59.6 Å². The number of anilines is 1. The summed E-state index contributed by atoms with van der Waals surface area (Å²) in [5.74, 6) is 0.0615. The minimum Gasteiger partial charge on any atom is -0.383 e. The summed E-state index contributed by atoms with van der Waals surface area (Å²) in [4.78, 5) is 32.8. The summed E-state index contributed by atoms with van der Waals surface area (Å²) in [6.07, 6.45) is 12.1. The molecule has 2 heterocycles. The predicted octanol–water partition coefficient (Wildman–Crippen LogP) is 6.42. The van der Waals surface area contributed by atoms with Crippen molar-refractivity contribution in [2.24, 2.45) is 0 Å². The largest absolute Gasteiger partial charge is 0.383 e. The number of nitrogens with zero attached hydrogens (tertiary/aromatic N) is 2. The maximum absolute atomic E-state index is 13.4. The van der Waals surface area contributed by atoms with Gasteiger partial charge in [0.05, 0.1) is 5.69 Å². The lowest BCUT2D eigenvalue weighted by Gasteiger charge is -2.32. The molecule has 1 aliphatic rings. The summed E-state index contributed by atoms with van der Waals surface area (Å²) in [6.45, 7) is 14.9. The molecule has 0 bridgehead atoms. The molecule has 3 rings (SSSR count). The first-order valence-electron chi connectivity index (χ1n) is 13.8. The van der Waals surface area contributed by atoms with Gasteiger partial charge < -0.3 is 20.9 Å². The predicted molar refractivity (Wildman–Crippen MR) is 165 cm³/mol. The summed E-state index contributed by atoms with van der Waals surface area (Å²) >= 11 is 0. The summed E-state index contributed by atoms with van der Waals surface area (Å²) in [5.41, 5.74) is 6.05. The van der Waals surface area contributed by atoms with Crippen LogP contribution in [-0.4, -0.2) is 47.0 Å². The zero-order valence-electron chi connectivity index (χ0n) is 24.3. The van der Waals surface area contributed by atoms with Crippen LogP contribution in [0.3, 0.4) is 0 Å². The molecule has 2 aromatic rings. The van der Waals surface area contributed by atoms with E-state index in [1.165, 1.54) is 6.21 Å². The van der Waals surface area contributed by atoms with E-state index in [1.54, 1.807) is 24.3 Å². The average molecular weight is 540 g/mol. The Morgan fingerprint density at radius 1 is 1.10 bits per heavy atom. The van der Waals surface area contributed by atoms with Crippen LogP contribution in [0.2, 0.25) is 0 Å². The number of nitrogens with one attached hydrogen (secondary N) is 3. The summed E-state index contributed by atoms with van der Waals surface area (Å²) in [5, 5.41) is 13.7. The highest BCUT2D eigenvalue weighted by Crippen LogP contribution is 2.29. The Bertz CT molecular complexity index is 1330. The lowest BCUT2D eigenvalue weighted by molar-refractivity contribution is -0.112. The van der Waals surface area contributed by atoms with Crippen LogP contribution in [0, 0.1) is 12.3 Å². The van der Waals surface area contributed by atoms with Gasteiger partial charge in [-0.3, -0.25) is 14.6 Å². The summed E-state index contributed by atoms with van der Waals surface area (Å²) < 4.78 is 0. The van der Waals surface area contributed by atoms with Gasteiger partial charge in [-0.25, -0.2) is 0 Å². The van der Waals surface area contributed by atoms with Crippen molar-refractivity contribution in [3.63, 3.8) is 0 Å². The fraction of sp³-hybridized carbons (Fsp3) is 0.333. The second-order valence-corrected chi connectivity index (χ2v) is 10.3. The van der Waals surface area contributed by atoms with E-state index in [0.717, 1.165) is 40.9 Å². The standard InChI is InChI=1S/C33H41N5O2/c1-7-25(12-10-24(6)36-22(3)4)32(39)37-31-19-28(11-9-23(31)5)33(40)38-17-15-27(16-18-38)29-13-14-30(35-21-29)26(8-2)20-34/h7-14,19-22,27,34,36H,6,15-18H2,1-5H3,(H,37,39)/b12-10-,25-7+,26-8+,34-20?. The molecule has 1 aromatic heterocycles. The molecule has 210 valence electrons. The second-order valence-electron chi connectivity index (χ2n) is 10.3. The molecule has 1 aliphatic heterocycles. The van der Waals surface area contributed by atoms with Crippen molar-refractivity contribution in [3.05, 3.63) is 101 Å². The van der Waals surface area contributed by atoms with Crippen molar-refractivity contribution < 1.29 is 9.59 Å². The number of carbonyl (C=O) groups excluding carboxylic acids is 2. The van der Waals surface area contributed by atoms with Crippen molar-refractivity contribution in [2.45, 2.75) is 59.4 Å². The zero-order valence-corrected chi connectivity index (χ0v) is 24.3. The SMILES string of the molecule is C=C(/C=C\C(=C/C)C(=O)Nc1cc(C(=O)N2CCC(c3ccc(/C(C=N)=C/C)nc3)CC2)ccc1C)NC(C)C. The Morgan fingerprint density at radius 2 is 1.82 bits per heavy atom. The molecule has 0 radical (unpaired) electrons. The van der Waals surface area contributed by atoms with Gasteiger partial charge in [-0.15, -0.1) is 0 Å². The molecule has 7 nitrogen and oxygen atoms in total. The van der Waals surface area contributed by atoms with Crippen LogP contribution in [0.1, 0.15) is 73.6 Å². The third kappa shape index (κ3) is 7.88. The molecular weight excluding hydrogens is 498 g/mol. The fourth-order valence-corrected chi connectivity index (χ4v) is 4.72. The Morgan fingerprint density at radius 3 is 2.40 bits per heavy atom. The number of carbonyl (C=O) groups is 2. The highest BCUT2D eigenvalue weighted by molar-refractivity contribution is 6.07. The smallest absolute Gasteiger partial charge is 0.255 e. The number of hydrogen-bond donors (Lipinski definition) is 3. The third-order valence-corrected chi connectivity index (χ3v) is 7.05. The maximum Gasteiger partial charge on any atom is 0.255 e. The first-order chi connectivity index (χ1) is 19.2. The molecule has 1 saturated heterocycles. The van der Waals surface area contributed by atoms with Crippen molar-refractivity contribution >= 4 is 29.3 Å². The average Bonchev–Trinajstić information content (AvgIpc) is 2.95. The van der Waals surface area contributed by atoms with Crippen LogP contribution in [0.25, 0.3) is 5.57 Å². The Labute approximate surface area is 238 Å². The van der Waals surface area contributed by atoms with Gasteiger partial charge in [0.2, 0.25) is 0 Å². The number of hydrogen-bond acceptors (Lipinski definition) is 5. The van der Waals surface area contributed by atoms with Crippen LogP contribution in [0.15, 0.2) is 78.7 Å². The van der Waals surface area contributed by atoms with E-state index in [2.05, 4.69) is 28.3 Å². The van der Waals surface area contributed by atoms with Crippen molar-refractivity contribution in [1.82, 2.24) is 15.2 Å². The van der Waals surface area contributed by atoms with Gasteiger partial charge in [0.25, 0.3) is 11.8 Å². The number of likely N-dealkylation sites (tertiary alicyclic amines) is 1. The van der Waals surface area contributed by atoms with Gasteiger partial charge in [-0.2, -0.15) is 0 Å². The van der Waals surface area contributed by atoms with Gasteiger partial charge in [-0.1, -0.05) is 30.9 Å². The highest BCUT2D eigenvalue weighted by atomic mass is 16.2. The number of benzene rings is 1. The fourth-order valence-electron chi connectivity index (χ4n) is 4.72. The molecule has 0 atom stereocenters. The lowest BCUT2D eigenvalue weighted by atomic mass is 9.90. The second kappa shape index (κ2) is 14.2. The number of amides is 2. The molecule has 0 aliphatic carbocycles. The Hall–Kier alpha value is -4.26. The van der Waals surface area contributed by atoms with E-state index >= 15 is 0 Å². The molecule has 0 unspecified atom stereocenters. The van der Waals surface area contributed by atoms with Crippen LogP contribution >= 0.6 is 0 Å². The van der Waals surface area contributed by atoms with Crippen LogP contribution in [-0.2, 0) is 4.79 Å². The molecule has 2 amide bonds. The van der Waals surface area contributed by atoms with Crippen LogP contribution in [0.4, 0.5) is 5.69 Å². The van der Waals surface area contributed by atoms with E-state index < -0.39 is 0 Å². The number of allylic oxidation sites excluding steroid dienone is 4. The number of pyridine rings is 1. The molecular formula is C33H41N5O2. The molecule has 7 heteroatoms. The minimum absolute atomic E-state index is 0.0339. The zero-order chi connectivity index (χ0) is 29.2. The first kappa shape index (κ1) is 30.3. The van der Waals surface area contributed by atoms with Gasteiger partial charge in [0.15, 0.2) is 0 Å². The van der Waals surface area contributed by atoms with Crippen molar-refractivity contribution in [2.75, 3.05) is 18.4 Å². The molecule has 40 heavy (non-hydrogen) atoms. The normalized spacial score (nSPS) is 14.9. The lowest BCUT2D eigenvalue weighted by Crippen LogP contribution is -2.38.